The van der Waals surface area contributed by atoms with Gasteiger partial charge in [0.25, 0.3) is 0 Å². The van der Waals surface area contributed by atoms with Crippen LogP contribution in [0.1, 0.15) is 35.4 Å². The van der Waals surface area contributed by atoms with Crippen LogP contribution >= 0.6 is 31.9 Å². The number of benzene rings is 3. The van der Waals surface area contributed by atoms with Crippen molar-refractivity contribution in [2.24, 2.45) is 5.92 Å². The van der Waals surface area contributed by atoms with Crippen LogP contribution in [0, 0.1) is 5.92 Å². The van der Waals surface area contributed by atoms with E-state index in [0.717, 1.165) is 21.4 Å². The van der Waals surface area contributed by atoms with Crippen molar-refractivity contribution in [3.8, 4) is 0 Å². The molecular weight excluding hydrogens is 512 g/mol. The molecule has 2 nitrogen and oxygen atoms in total. The Morgan fingerprint density at radius 3 is 1.87 bits per heavy atom. The molecule has 1 N–H and O–H groups in total. The molecule has 2 bridgehead atoms. The van der Waals surface area contributed by atoms with Crippen LogP contribution in [-0.2, 0) is 6.54 Å². The molecule has 6 rings (SSSR count). The predicted octanol–water partition coefficient (Wildman–Crippen LogP) is 6.60. The van der Waals surface area contributed by atoms with E-state index in [0.29, 0.717) is 18.0 Å². The van der Waals surface area contributed by atoms with Crippen LogP contribution in [0.4, 0.5) is 0 Å². The third-order valence-electron chi connectivity index (χ3n) is 7.06. The summed E-state index contributed by atoms with van der Waals surface area (Å²) in [6, 6.07) is 29.7. The second kappa shape index (κ2) is 9.58. The van der Waals surface area contributed by atoms with Gasteiger partial charge >= 0.3 is 0 Å². The highest BCUT2D eigenvalue weighted by molar-refractivity contribution is 9.10. The molecule has 0 unspecified atom stereocenters. The molecule has 0 radical (unpaired) electrons. The molecule has 0 aromatic heterocycles. The maximum absolute atomic E-state index is 4.00. The SMILES string of the molecule is Brc1ccc(C(c2ccc(Br)cc2)[C@@H]2[C@H](NCc3ccccc3)C3CCN2CC3)cc1. The Bertz CT molecular complexity index is 935. The van der Waals surface area contributed by atoms with Crippen LogP contribution in [0.25, 0.3) is 0 Å². The van der Waals surface area contributed by atoms with Crippen molar-refractivity contribution in [2.45, 2.75) is 37.4 Å². The fourth-order valence-corrected chi connectivity index (χ4v) is 6.08. The maximum atomic E-state index is 4.00. The number of nitrogens with zero attached hydrogens (tertiary/aromatic N) is 1. The minimum atomic E-state index is 0.345. The van der Waals surface area contributed by atoms with Gasteiger partial charge in [0.1, 0.15) is 0 Å². The van der Waals surface area contributed by atoms with Crippen molar-refractivity contribution in [3.05, 3.63) is 104 Å². The molecule has 3 aliphatic heterocycles. The van der Waals surface area contributed by atoms with Crippen LogP contribution in [0.3, 0.4) is 0 Å². The largest absolute Gasteiger partial charge is 0.308 e. The number of halogens is 2. The minimum Gasteiger partial charge on any atom is -0.308 e. The van der Waals surface area contributed by atoms with E-state index in [1.54, 1.807) is 0 Å². The molecule has 3 aromatic carbocycles. The fourth-order valence-electron chi connectivity index (χ4n) is 5.55. The molecule has 3 fully saturated rings. The van der Waals surface area contributed by atoms with E-state index in [9.17, 15) is 0 Å². The lowest BCUT2D eigenvalue weighted by molar-refractivity contribution is 0.00468. The standard InChI is InChI=1S/C27H28Br2N2/c28-23-10-6-20(7-11-23)25(21-8-12-24(29)13-9-21)27-26(22-14-16-31(27)17-15-22)30-18-19-4-2-1-3-5-19/h1-13,22,25-27,30H,14-18H2/t26-,27-/m1/s1. The van der Waals surface area contributed by atoms with Gasteiger partial charge in [-0.3, -0.25) is 4.90 Å². The topological polar surface area (TPSA) is 15.3 Å². The zero-order valence-corrected chi connectivity index (χ0v) is 20.7. The summed E-state index contributed by atoms with van der Waals surface area (Å²) in [7, 11) is 0. The summed E-state index contributed by atoms with van der Waals surface area (Å²) in [5, 5.41) is 4.00. The highest BCUT2D eigenvalue weighted by atomic mass is 79.9. The van der Waals surface area contributed by atoms with Gasteiger partial charge in [-0.15, -0.1) is 0 Å². The summed E-state index contributed by atoms with van der Waals surface area (Å²) >= 11 is 7.25. The third kappa shape index (κ3) is 4.68. The average Bonchev–Trinajstić information content (AvgIpc) is 2.82. The van der Waals surface area contributed by atoms with Crippen molar-refractivity contribution in [1.29, 1.82) is 0 Å². The number of nitrogens with one attached hydrogen (secondary N) is 1. The molecule has 0 amide bonds. The fraction of sp³-hybridized carbons (Fsp3) is 0.333. The second-order valence-electron chi connectivity index (χ2n) is 8.84. The maximum Gasteiger partial charge on any atom is 0.0361 e. The lowest BCUT2D eigenvalue weighted by atomic mass is 9.70. The highest BCUT2D eigenvalue weighted by Gasteiger charge is 2.46. The van der Waals surface area contributed by atoms with Crippen LogP contribution in [0.5, 0.6) is 0 Å². The summed E-state index contributed by atoms with van der Waals surface area (Å²) in [6.45, 7) is 3.35. The number of fused-ring (bicyclic) bond motifs is 3. The van der Waals surface area contributed by atoms with Gasteiger partial charge in [-0.25, -0.2) is 0 Å². The first-order valence-electron chi connectivity index (χ1n) is 11.2. The molecule has 3 heterocycles. The van der Waals surface area contributed by atoms with E-state index < -0.39 is 0 Å². The molecular formula is C27H28Br2N2. The molecule has 4 heteroatoms. The Labute approximate surface area is 202 Å². The van der Waals surface area contributed by atoms with Gasteiger partial charge < -0.3 is 5.32 Å². The molecule has 0 spiro atoms. The monoisotopic (exact) mass is 538 g/mol. The van der Waals surface area contributed by atoms with E-state index in [1.807, 2.05) is 0 Å². The first-order chi connectivity index (χ1) is 15.2. The second-order valence-corrected chi connectivity index (χ2v) is 10.7. The Kier molecular flexibility index (Phi) is 6.61. The average molecular weight is 540 g/mol. The number of hydrogen-bond donors (Lipinski definition) is 1. The van der Waals surface area contributed by atoms with E-state index in [1.165, 1.54) is 42.6 Å². The summed E-state index contributed by atoms with van der Waals surface area (Å²) < 4.78 is 2.27. The van der Waals surface area contributed by atoms with Crippen molar-refractivity contribution in [1.82, 2.24) is 10.2 Å². The van der Waals surface area contributed by atoms with Gasteiger partial charge in [0, 0.05) is 33.5 Å². The third-order valence-corrected chi connectivity index (χ3v) is 8.11. The molecule has 160 valence electrons. The van der Waals surface area contributed by atoms with Gasteiger partial charge in [-0.05, 0) is 72.8 Å². The Hall–Kier alpha value is -1.46. The van der Waals surface area contributed by atoms with Crippen molar-refractivity contribution >= 4 is 31.9 Å². The van der Waals surface area contributed by atoms with Crippen LogP contribution < -0.4 is 5.32 Å². The lowest BCUT2D eigenvalue weighted by Gasteiger charge is -2.54. The smallest absolute Gasteiger partial charge is 0.0361 e. The van der Waals surface area contributed by atoms with Crippen molar-refractivity contribution < 1.29 is 0 Å². The first kappa shape index (κ1) is 21.4. The normalized spacial score (nSPS) is 25.1. The summed E-state index contributed by atoms with van der Waals surface area (Å²) in [5.41, 5.74) is 4.16. The molecule has 2 atom stereocenters. The first-order valence-corrected chi connectivity index (χ1v) is 12.8. The molecule has 3 aliphatic rings. The summed E-state index contributed by atoms with van der Waals surface area (Å²) in [6.07, 6.45) is 2.60. The van der Waals surface area contributed by atoms with Gasteiger partial charge in [0.2, 0.25) is 0 Å². The van der Waals surface area contributed by atoms with Gasteiger partial charge in [-0.2, -0.15) is 0 Å². The van der Waals surface area contributed by atoms with Crippen LogP contribution in [0.15, 0.2) is 87.8 Å². The molecule has 31 heavy (non-hydrogen) atoms. The molecule has 0 aliphatic carbocycles. The molecule has 0 saturated carbocycles. The number of piperidine rings is 3. The quantitative estimate of drug-likeness (QED) is 0.380. The van der Waals surface area contributed by atoms with E-state index >= 15 is 0 Å². The zero-order chi connectivity index (χ0) is 21.2. The van der Waals surface area contributed by atoms with Crippen LogP contribution in [0.2, 0.25) is 0 Å². The van der Waals surface area contributed by atoms with E-state index in [-0.39, 0.29) is 0 Å². The van der Waals surface area contributed by atoms with Gasteiger partial charge in [0.05, 0.1) is 0 Å². The van der Waals surface area contributed by atoms with E-state index in [2.05, 4.69) is 121 Å². The van der Waals surface area contributed by atoms with Crippen molar-refractivity contribution in [2.75, 3.05) is 13.1 Å². The van der Waals surface area contributed by atoms with E-state index in [4.69, 9.17) is 0 Å². The van der Waals surface area contributed by atoms with Gasteiger partial charge in [-0.1, -0.05) is 86.5 Å². The van der Waals surface area contributed by atoms with Crippen LogP contribution in [-0.4, -0.2) is 30.1 Å². The highest BCUT2D eigenvalue weighted by Crippen LogP contribution is 2.42. The number of rotatable bonds is 6. The predicted molar refractivity (Wildman–Crippen MR) is 135 cm³/mol. The Morgan fingerprint density at radius 1 is 0.774 bits per heavy atom. The van der Waals surface area contributed by atoms with Crippen molar-refractivity contribution in [3.63, 3.8) is 0 Å². The lowest BCUT2D eigenvalue weighted by Crippen LogP contribution is -2.64. The van der Waals surface area contributed by atoms with Gasteiger partial charge in [0.15, 0.2) is 0 Å². The molecule has 3 saturated heterocycles. The Balaban J connectivity index is 1.51. The Morgan fingerprint density at radius 2 is 1.32 bits per heavy atom. The minimum absolute atomic E-state index is 0.345. The summed E-state index contributed by atoms with van der Waals surface area (Å²) in [5.74, 6) is 1.09. The summed E-state index contributed by atoms with van der Waals surface area (Å²) in [4.78, 5) is 2.75. The zero-order valence-electron chi connectivity index (χ0n) is 17.6. The number of hydrogen-bond acceptors (Lipinski definition) is 2. The molecule has 3 aromatic rings.